The van der Waals surface area contributed by atoms with Gasteiger partial charge in [0, 0.05) is 15.6 Å². The molecule has 3 nitrogen and oxygen atoms in total. The number of aliphatic hydroxyl groups excluding tert-OH is 1. The van der Waals surface area contributed by atoms with Crippen molar-refractivity contribution in [2.45, 2.75) is 25.0 Å². The van der Waals surface area contributed by atoms with E-state index < -0.39 is 0 Å². The summed E-state index contributed by atoms with van der Waals surface area (Å²) in [5.41, 5.74) is 0.850. The molecule has 5 heteroatoms. The van der Waals surface area contributed by atoms with Crippen molar-refractivity contribution in [2.75, 3.05) is 0 Å². The van der Waals surface area contributed by atoms with Crippen LogP contribution >= 0.6 is 23.2 Å². The Morgan fingerprint density at radius 2 is 1.85 bits per heavy atom. The van der Waals surface area contributed by atoms with Gasteiger partial charge >= 0.3 is 0 Å². The minimum absolute atomic E-state index is 0.0376. The van der Waals surface area contributed by atoms with E-state index in [1.165, 1.54) is 0 Å². The molecule has 2 heterocycles. The fourth-order valence-electron chi connectivity index (χ4n) is 3.78. The molecule has 1 aromatic carbocycles. The second kappa shape index (κ2) is 4.23. The summed E-state index contributed by atoms with van der Waals surface area (Å²) < 4.78 is 5.74. The Hall–Kier alpha value is -1.03. The number of halogens is 2. The normalized spacial score (nSPS) is 35.0. The van der Waals surface area contributed by atoms with Crippen LogP contribution in [0.15, 0.2) is 24.0 Å². The highest BCUT2D eigenvalue weighted by molar-refractivity contribution is 6.37. The molecule has 0 amide bonds. The lowest BCUT2D eigenvalue weighted by molar-refractivity contribution is -0.118. The second-order valence-corrected chi connectivity index (χ2v) is 6.43. The van der Waals surface area contributed by atoms with E-state index in [1.807, 2.05) is 0 Å². The highest BCUT2D eigenvalue weighted by Crippen LogP contribution is 2.54. The first-order valence-electron chi connectivity index (χ1n) is 6.66. The molecule has 4 rings (SSSR count). The van der Waals surface area contributed by atoms with Crippen molar-refractivity contribution < 1.29 is 14.6 Å². The maximum absolute atomic E-state index is 12.7. The fourth-order valence-corrected chi connectivity index (χ4v) is 4.16. The maximum atomic E-state index is 12.7. The highest BCUT2D eigenvalue weighted by Gasteiger charge is 2.59. The Bertz CT molecular complexity index is 653. The smallest absolute Gasteiger partial charge is 0.173 e. The number of rotatable bonds is 1. The summed E-state index contributed by atoms with van der Waals surface area (Å²) in [6, 6.07) is 4.95. The molecule has 0 saturated carbocycles. The van der Waals surface area contributed by atoms with Gasteiger partial charge in [0.2, 0.25) is 0 Å². The average Bonchev–Trinajstić information content (AvgIpc) is 3.08. The lowest BCUT2D eigenvalue weighted by Crippen LogP contribution is -2.29. The Kier molecular flexibility index (Phi) is 2.69. The van der Waals surface area contributed by atoms with Gasteiger partial charge in [0.15, 0.2) is 5.78 Å². The Morgan fingerprint density at radius 3 is 2.55 bits per heavy atom. The van der Waals surface area contributed by atoms with Gasteiger partial charge in [0.05, 0.1) is 29.6 Å². The standard InChI is InChI=1S/C15H12Cl2O3/c16-6-1-2-8(17)7(5-6)11-14(18)12-9-3-4-10(20-9)13(12)15(11)19/h1-2,5,9-10,12-13,18H,3-4H2/t9-,10+,12-,13+/m1/s1. The van der Waals surface area contributed by atoms with Crippen molar-refractivity contribution in [2.24, 2.45) is 11.8 Å². The molecule has 0 aromatic heterocycles. The van der Waals surface area contributed by atoms with Crippen molar-refractivity contribution >= 4 is 34.6 Å². The van der Waals surface area contributed by atoms with Crippen LogP contribution in [0.4, 0.5) is 0 Å². The number of hydrogen-bond donors (Lipinski definition) is 1. The van der Waals surface area contributed by atoms with Crippen molar-refractivity contribution in [3.63, 3.8) is 0 Å². The summed E-state index contributed by atoms with van der Waals surface area (Å²) in [4.78, 5) is 12.7. The van der Waals surface area contributed by atoms with E-state index >= 15 is 0 Å². The van der Waals surface area contributed by atoms with E-state index in [4.69, 9.17) is 27.9 Å². The van der Waals surface area contributed by atoms with Gasteiger partial charge in [0.1, 0.15) is 5.76 Å². The van der Waals surface area contributed by atoms with Gasteiger partial charge in [-0.2, -0.15) is 0 Å². The van der Waals surface area contributed by atoms with E-state index in [0.717, 1.165) is 12.8 Å². The number of ether oxygens (including phenoxy) is 1. The first kappa shape index (κ1) is 12.7. The summed E-state index contributed by atoms with van der Waals surface area (Å²) in [6.07, 6.45) is 1.70. The minimum atomic E-state index is -0.251. The zero-order valence-corrected chi connectivity index (χ0v) is 12.0. The summed E-state index contributed by atoms with van der Waals surface area (Å²) in [7, 11) is 0. The third-order valence-electron chi connectivity index (χ3n) is 4.59. The molecule has 1 aromatic rings. The minimum Gasteiger partial charge on any atom is -0.511 e. The Morgan fingerprint density at radius 1 is 1.15 bits per heavy atom. The summed E-state index contributed by atoms with van der Waals surface area (Å²) in [5, 5.41) is 11.4. The largest absolute Gasteiger partial charge is 0.511 e. The molecular formula is C15H12Cl2O3. The third-order valence-corrected chi connectivity index (χ3v) is 5.16. The monoisotopic (exact) mass is 310 g/mol. The Balaban J connectivity index is 1.86. The highest BCUT2D eigenvalue weighted by atomic mass is 35.5. The molecular weight excluding hydrogens is 299 g/mol. The van der Waals surface area contributed by atoms with Gasteiger partial charge in [-0.25, -0.2) is 0 Å². The molecule has 2 bridgehead atoms. The molecule has 0 unspecified atom stereocenters. The molecule has 2 aliphatic heterocycles. The lowest BCUT2D eigenvalue weighted by Gasteiger charge is -2.19. The van der Waals surface area contributed by atoms with Crippen LogP contribution in [0.2, 0.25) is 10.0 Å². The van der Waals surface area contributed by atoms with Gasteiger partial charge in [-0.15, -0.1) is 0 Å². The van der Waals surface area contributed by atoms with Gasteiger partial charge in [0.25, 0.3) is 0 Å². The van der Waals surface area contributed by atoms with E-state index in [9.17, 15) is 9.90 Å². The summed E-state index contributed by atoms with van der Waals surface area (Å²) in [6.45, 7) is 0. The molecule has 2 fully saturated rings. The number of fused-ring (bicyclic) bond motifs is 5. The molecule has 2 saturated heterocycles. The topological polar surface area (TPSA) is 46.5 Å². The molecule has 0 radical (unpaired) electrons. The van der Waals surface area contributed by atoms with E-state index in [1.54, 1.807) is 18.2 Å². The average molecular weight is 311 g/mol. The number of ketones is 1. The number of hydrogen-bond acceptors (Lipinski definition) is 3. The molecule has 1 N–H and O–H groups in total. The number of aliphatic hydroxyl groups is 1. The predicted octanol–water partition coefficient (Wildman–Crippen LogP) is 3.64. The van der Waals surface area contributed by atoms with Crippen LogP contribution in [-0.4, -0.2) is 23.1 Å². The SMILES string of the molecule is O=C1C(c2cc(Cl)ccc2Cl)=C(O)[C@H]2[C@@H]1[C@@H]1CC[C@H]2O1. The first-order chi connectivity index (χ1) is 9.58. The Labute approximate surface area is 126 Å². The summed E-state index contributed by atoms with van der Waals surface area (Å²) in [5.74, 6) is -0.398. The maximum Gasteiger partial charge on any atom is 0.173 e. The van der Waals surface area contributed by atoms with Crippen LogP contribution in [0.3, 0.4) is 0 Å². The molecule has 104 valence electrons. The van der Waals surface area contributed by atoms with Gasteiger partial charge in [-0.1, -0.05) is 23.2 Å². The lowest BCUT2D eigenvalue weighted by atomic mass is 9.80. The molecule has 20 heavy (non-hydrogen) atoms. The van der Waals surface area contributed by atoms with Gasteiger partial charge in [-0.3, -0.25) is 4.79 Å². The van der Waals surface area contributed by atoms with Crippen LogP contribution in [0.5, 0.6) is 0 Å². The quantitative estimate of drug-likeness (QED) is 0.861. The van der Waals surface area contributed by atoms with Crippen molar-refractivity contribution in [1.82, 2.24) is 0 Å². The fraction of sp³-hybridized carbons (Fsp3) is 0.400. The van der Waals surface area contributed by atoms with Crippen LogP contribution in [0.25, 0.3) is 5.57 Å². The van der Waals surface area contributed by atoms with Crippen LogP contribution < -0.4 is 0 Å². The molecule has 1 aliphatic carbocycles. The van der Waals surface area contributed by atoms with E-state index in [-0.39, 0.29) is 35.6 Å². The number of Topliss-reactive ketones (excluding diaryl/α,β-unsaturated/α-hetero) is 1. The van der Waals surface area contributed by atoms with Crippen molar-refractivity contribution in [3.05, 3.63) is 39.6 Å². The molecule has 4 atom stereocenters. The summed E-state index contributed by atoms with van der Waals surface area (Å²) >= 11 is 12.1. The molecule has 0 spiro atoms. The number of allylic oxidation sites excluding steroid dienone is 1. The van der Waals surface area contributed by atoms with E-state index in [2.05, 4.69) is 0 Å². The zero-order valence-electron chi connectivity index (χ0n) is 10.5. The number of carbonyl (C=O) groups excluding carboxylic acids is 1. The zero-order chi connectivity index (χ0) is 14.0. The number of carbonyl (C=O) groups is 1. The van der Waals surface area contributed by atoms with E-state index in [0.29, 0.717) is 21.2 Å². The van der Waals surface area contributed by atoms with Crippen molar-refractivity contribution in [1.29, 1.82) is 0 Å². The van der Waals surface area contributed by atoms with Crippen molar-refractivity contribution in [3.8, 4) is 0 Å². The second-order valence-electron chi connectivity index (χ2n) is 5.59. The van der Waals surface area contributed by atoms with Gasteiger partial charge < -0.3 is 9.84 Å². The molecule has 3 aliphatic rings. The first-order valence-corrected chi connectivity index (χ1v) is 7.41. The van der Waals surface area contributed by atoms with Crippen LogP contribution in [0, 0.1) is 11.8 Å². The van der Waals surface area contributed by atoms with Crippen LogP contribution in [0.1, 0.15) is 18.4 Å². The van der Waals surface area contributed by atoms with Crippen LogP contribution in [-0.2, 0) is 9.53 Å². The number of benzene rings is 1. The third kappa shape index (κ3) is 1.54. The van der Waals surface area contributed by atoms with Gasteiger partial charge in [-0.05, 0) is 31.0 Å². The predicted molar refractivity (Wildman–Crippen MR) is 75.9 cm³/mol.